The van der Waals surface area contributed by atoms with E-state index in [9.17, 15) is 36.2 Å². The Balaban J connectivity index is 2.22. The zero-order chi connectivity index (χ0) is 23.5. The maximum Gasteiger partial charge on any atom is 0.428 e. The summed E-state index contributed by atoms with van der Waals surface area (Å²) < 4.78 is 94.0. The van der Waals surface area contributed by atoms with Crippen molar-refractivity contribution in [3.05, 3.63) is 46.8 Å². The van der Waals surface area contributed by atoms with Crippen LogP contribution in [0, 0.1) is 0 Å². The highest BCUT2D eigenvalue weighted by molar-refractivity contribution is 6.08. The molecule has 1 unspecified atom stereocenters. The lowest BCUT2D eigenvalue weighted by Crippen LogP contribution is -2.63. The topological polar surface area (TPSA) is 60.7 Å². The van der Waals surface area contributed by atoms with Crippen LogP contribution >= 0.6 is 0 Å². The Morgan fingerprint density at radius 1 is 0.969 bits per heavy atom. The van der Waals surface area contributed by atoms with E-state index in [-0.39, 0.29) is 41.0 Å². The standard InChI is InChI=1S/C21H17F6NO4/c1-2-5-15(19(30,20(22,23)24)21(25,26)27)28-16-12(8-9-14-17(16)32-10-31-14)11-6-3-4-7-13(11)18(28)29/h3-4,6-9,15,30H,2,5,10H2,1H3. The molecule has 1 aromatic heterocycles. The van der Waals surface area contributed by atoms with E-state index in [0.717, 1.165) is 0 Å². The molecule has 32 heavy (non-hydrogen) atoms. The Kier molecular flexibility index (Phi) is 5.07. The summed E-state index contributed by atoms with van der Waals surface area (Å²) in [6.07, 6.45) is -13.2. The van der Waals surface area contributed by atoms with Crippen LogP contribution in [0.4, 0.5) is 26.3 Å². The highest BCUT2D eigenvalue weighted by Gasteiger charge is 2.74. The van der Waals surface area contributed by atoms with Gasteiger partial charge in [-0.1, -0.05) is 31.5 Å². The normalized spacial score (nSPS) is 15.5. The van der Waals surface area contributed by atoms with Crippen molar-refractivity contribution >= 4 is 21.7 Å². The Bertz CT molecular complexity index is 1230. The molecule has 1 atom stereocenters. The largest absolute Gasteiger partial charge is 0.454 e. The quantitative estimate of drug-likeness (QED) is 0.435. The van der Waals surface area contributed by atoms with Gasteiger partial charge in [-0.25, -0.2) is 0 Å². The van der Waals surface area contributed by atoms with E-state index in [4.69, 9.17) is 9.47 Å². The van der Waals surface area contributed by atoms with Gasteiger partial charge in [-0.05, 0) is 30.0 Å². The Morgan fingerprint density at radius 3 is 2.19 bits per heavy atom. The lowest BCUT2D eigenvalue weighted by molar-refractivity contribution is -0.382. The predicted octanol–water partition coefficient (Wildman–Crippen LogP) is 5.08. The number of halogens is 6. The van der Waals surface area contributed by atoms with Gasteiger partial charge >= 0.3 is 12.4 Å². The second-order valence-corrected chi connectivity index (χ2v) is 7.48. The molecule has 0 saturated heterocycles. The Labute approximate surface area is 176 Å². The molecule has 11 heteroatoms. The first-order valence-corrected chi connectivity index (χ1v) is 9.64. The van der Waals surface area contributed by atoms with Crippen LogP contribution in [0.2, 0.25) is 0 Å². The SMILES string of the molecule is CCCC(n1c(=O)c2ccccc2c2ccc3c(c21)OCO3)C(O)(C(F)(F)F)C(F)(F)F. The lowest BCUT2D eigenvalue weighted by Gasteiger charge is -2.40. The third-order valence-corrected chi connectivity index (χ3v) is 5.64. The van der Waals surface area contributed by atoms with Gasteiger partial charge in [-0.3, -0.25) is 9.36 Å². The molecule has 172 valence electrons. The average molecular weight is 461 g/mol. The number of aliphatic hydroxyl groups is 1. The minimum atomic E-state index is -6.11. The highest BCUT2D eigenvalue weighted by atomic mass is 19.4. The van der Waals surface area contributed by atoms with Crippen molar-refractivity contribution in [3.8, 4) is 11.5 Å². The molecule has 0 fully saturated rings. The summed E-state index contributed by atoms with van der Waals surface area (Å²) in [5.41, 5.74) is -6.59. The summed E-state index contributed by atoms with van der Waals surface area (Å²) in [6, 6.07) is 6.05. The first-order valence-electron chi connectivity index (χ1n) is 9.64. The highest BCUT2D eigenvalue weighted by Crippen LogP contribution is 2.52. The maximum atomic E-state index is 13.8. The molecule has 2 aromatic carbocycles. The third kappa shape index (κ3) is 3.01. The molecule has 1 aliphatic heterocycles. The number of nitrogens with zero attached hydrogens (tertiary/aromatic N) is 1. The van der Waals surface area contributed by atoms with Crippen LogP contribution in [0.5, 0.6) is 11.5 Å². The van der Waals surface area contributed by atoms with Gasteiger partial charge in [-0.2, -0.15) is 26.3 Å². The number of ether oxygens (including phenoxy) is 2. The zero-order valence-corrected chi connectivity index (χ0v) is 16.5. The fourth-order valence-electron chi connectivity index (χ4n) is 4.18. The number of alkyl halides is 6. The number of benzene rings is 2. The summed E-state index contributed by atoms with van der Waals surface area (Å²) >= 11 is 0. The van der Waals surface area contributed by atoms with Crippen LogP contribution in [0.25, 0.3) is 21.7 Å². The second kappa shape index (κ2) is 7.29. The maximum absolute atomic E-state index is 13.8. The summed E-state index contributed by atoms with van der Waals surface area (Å²) in [5.74, 6) is -0.0862. The molecule has 0 aliphatic carbocycles. The van der Waals surface area contributed by atoms with Crippen molar-refractivity contribution in [2.45, 2.75) is 43.8 Å². The molecule has 4 rings (SSSR count). The molecular weight excluding hydrogens is 444 g/mol. The van der Waals surface area contributed by atoms with E-state index >= 15 is 0 Å². The van der Waals surface area contributed by atoms with Crippen molar-refractivity contribution in [1.82, 2.24) is 4.57 Å². The average Bonchev–Trinajstić information content (AvgIpc) is 3.20. The summed E-state index contributed by atoms with van der Waals surface area (Å²) in [5, 5.41) is 10.7. The van der Waals surface area contributed by atoms with Crippen LogP contribution in [0.3, 0.4) is 0 Å². The van der Waals surface area contributed by atoms with Crippen LogP contribution in [0.15, 0.2) is 41.2 Å². The van der Waals surface area contributed by atoms with E-state index in [2.05, 4.69) is 0 Å². The molecule has 3 aromatic rings. The Hall–Kier alpha value is -2.95. The number of hydrogen-bond acceptors (Lipinski definition) is 4. The molecular formula is C21H17F6NO4. The van der Waals surface area contributed by atoms with Crippen molar-refractivity contribution in [2.75, 3.05) is 6.79 Å². The predicted molar refractivity (Wildman–Crippen MR) is 103 cm³/mol. The molecule has 0 spiro atoms. The molecule has 0 amide bonds. The summed E-state index contributed by atoms with van der Waals surface area (Å²) in [7, 11) is 0. The monoisotopic (exact) mass is 461 g/mol. The molecule has 0 bridgehead atoms. The van der Waals surface area contributed by atoms with Crippen molar-refractivity contribution in [2.24, 2.45) is 0 Å². The second-order valence-electron chi connectivity index (χ2n) is 7.48. The third-order valence-electron chi connectivity index (χ3n) is 5.64. The molecule has 5 nitrogen and oxygen atoms in total. The molecule has 0 radical (unpaired) electrons. The molecule has 0 saturated carbocycles. The van der Waals surface area contributed by atoms with Crippen molar-refractivity contribution < 1.29 is 40.9 Å². The number of pyridine rings is 1. The van der Waals surface area contributed by atoms with E-state index < -0.39 is 36.0 Å². The fourth-order valence-corrected chi connectivity index (χ4v) is 4.18. The smallest absolute Gasteiger partial charge is 0.428 e. The van der Waals surface area contributed by atoms with Crippen LogP contribution < -0.4 is 15.0 Å². The molecule has 1 aliphatic rings. The van der Waals surface area contributed by atoms with Crippen LogP contribution in [0.1, 0.15) is 25.8 Å². The van der Waals surface area contributed by atoms with Gasteiger partial charge in [-0.15, -0.1) is 0 Å². The number of hydrogen-bond donors (Lipinski definition) is 1. The van der Waals surface area contributed by atoms with E-state index in [0.29, 0.717) is 9.95 Å². The van der Waals surface area contributed by atoms with Gasteiger partial charge in [0.2, 0.25) is 6.79 Å². The van der Waals surface area contributed by atoms with Crippen LogP contribution in [-0.2, 0) is 0 Å². The van der Waals surface area contributed by atoms with Gasteiger partial charge < -0.3 is 14.6 Å². The molecule has 1 N–H and O–H groups in total. The Morgan fingerprint density at radius 2 is 1.59 bits per heavy atom. The number of rotatable bonds is 4. The van der Waals surface area contributed by atoms with Gasteiger partial charge in [0.1, 0.15) is 0 Å². The number of aromatic nitrogens is 1. The van der Waals surface area contributed by atoms with Crippen LogP contribution in [-0.4, -0.2) is 34.4 Å². The number of fused-ring (bicyclic) bond motifs is 5. The summed E-state index contributed by atoms with van der Waals surface area (Å²) in [6.45, 7) is 1.04. The fraction of sp³-hybridized carbons (Fsp3) is 0.381. The lowest BCUT2D eigenvalue weighted by atomic mass is 9.87. The van der Waals surface area contributed by atoms with E-state index in [1.165, 1.54) is 37.3 Å². The van der Waals surface area contributed by atoms with E-state index in [1.807, 2.05) is 0 Å². The van der Waals surface area contributed by atoms with Gasteiger partial charge in [0.05, 0.1) is 11.6 Å². The summed E-state index contributed by atoms with van der Waals surface area (Å²) in [4.78, 5) is 13.4. The molecule has 2 heterocycles. The van der Waals surface area contributed by atoms with E-state index in [1.54, 1.807) is 6.07 Å². The van der Waals surface area contributed by atoms with Gasteiger partial charge in [0.25, 0.3) is 11.2 Å². The van der Waals surface area contributed by atoms with Crippen molar-refractivity contribution in [1.29, 1.82) is 0 Å². The first kappa shape index (κ1) is 22.3. The first-order chi connectivity index (χ1) is 14.9. The minimum absolute atomic E-state index is 0.0683. The van der Waals surface area contributed by atoms with Gasteiger partial charge in [0, 0.05) is 10.8 Å². The van der Waals surface area contributed by atoms with Gasteiger partial charge in [0.15, 0.2) is 11.5 Å². The van der Waals surface area contributed by atoms with Crippen molar-refractivity contribution in [3.63, 3.8) is 0 Å². The zero-order valence-electron chi connectivity index (χ0n) is 16.5. The minimum Gasteiger partial charge on any atom is -0.454 e.